The number of aryl methyl sites for hydroxylation is 1. The quantitative estimate of drug-likeness (QED) is 0.368. The highest BCUT2D eigenvalue weighted by Crippen LogP contribution is 2.27. The van der Waals surface area contributed by atoms with E-state index in [0.29, 0.717) is 33.8 Å². The first-order valence-corrected chi connectivity index (χ1v) is 11.3. The minimum Gasteiger partial charge on any atom is -0.338 e. The fraction of sp³-hybridized carbons (Fsp3) is 0.261. The minimum atomic E-state index is -0.121. The summed E-state index contributed by atoms with van der Waals surface area (Å²) >= 11 is 1.44. The molecule has 0 amide bonds. The molecule has 5 aromatic rings. The molecule has 0 saturated heterocycles. The molecule has 0 spiro atoms. The zero-order valence-electron chi connectivity index (χ0n) is 18.2. The van der Waals surface area contributed by atoms with E-state index in [1.807, 2.05) is 74.6 Å². The Morgan fingerprint density at radius 1 is 1.06 bits per heavy atom. The van der Waals surface area contributed by atoms with Crippen molar-refractivity contribution in [2.24, 2.45) is 0 Å². The van der Waals surface area contributed by atoms with Crippen molar-refractivity contribution in [3.8, 4) is 5.69 Å². The molecule has 0 radical (unpaired) electrons. The molecule has 8 nitrogen and oxygen atoms in total. The summed E-state index contributed by atoms with van der Waals surface area (Å²) in [7, 11) is 0. The molecule has 0 fully saturated rings. The summed E-state index contributed by atoms with van der Waals surface area (Å²) in [5.74, 6) is 2.33. The maximum Gasteiger partial charge on any atom is 0.267 e. The van der Waals surface area contributed by atoms with Crippen molar-refractivity contribution in [1.82, 2.24) is 29.3 Å². The monoisotopic (exact) mass is 446 g/mol. The number of thioether (sulfide) groups is 1. The zero-order chi connectivity index (χ0) is 22.4. The summed E-state index contributed by atoms with van der Waals surface area (Å²) in [4.78, 5) is 17.9. The third-order valence-corrected chi connectivity index (χ3v) is 6.45. The Hall–Kier alpha value is -3.46. The molecular weight excluding hydrogens is 424 g/mol. The Balaban J connectivity index is 1.69. The lowest BCUT2D eigenvalue weighted by molar-refractivity contribution is 0.383. The number of nitrogens with zero attached hydrogens (tertiary/aromatic N) is 6. The van der Waals surface area contributed by atoms with Gasteiger partial charge in [-0.2, -0.15) is 4.98 Å². The molecule has 2 aromatic carbocycles. The van der Waals surface area contributed by atoms with Crippen LogP contribution in [0.5, 0.6) is 0 Å². The van der Waals surface area contributed by atoms with Gasteiger partial charge in [0.15, 0.2) is 11.0 Å². The third-order valence-electron chi connectivity index (χ3n) is 5.54. The molecule has 0 N–H and O–H groups in total. The smallest absolute Gasteiger partial charge is 0.267 e. The average Bonchev–Trinajstić information content (AvgIpc) is 3.43. The van der Waals surface area contributed by atoms with E-state index in [-0.39, 0.29) is 11.5 Å². The first-order valence-electron chi connectivity index (χ1n) is 10.4. The van der Waals surface area contributed by atoms with Gasteiger partial charge in [-0.15, -0.1) is 10.2 Å². The van der Waals surface area contributed by atoms with Crippen molar-refractivity contribution in [2.45, 2.75) is 44.5 Å². The Labute approximate surface area is 188 Å². The van der Waals surface area contributed by atoms with Crippen LogP contribution in [0.2, 0.25) is 0 Å². The van der Waals surface area contributed by atoms with Gasteiger partial charge in [0.1, 0.15) is 0 Å². The van der Waals surface area contributed by atoms with Gasteiger partial charge in [0.25, 0.3) is 5.56 Å². The molecule has 0 bridgehead atoms. The molecule has 0 saturated carbocycles. The predicted molar refractivity (Wildman–Crippen MR) is 124 cm³/mol. The van der Waals surface area contributed by atoms with Gasteiger partial charge < -0.3 is 4.52 Å². The summed E-state index contributed by atoms with van der Waals surface area (Å²) in [5.41, 5.74) is 3.57. The second-order valence-electron chi connectivity index (χ2n) is 7.98. The largest absolute Gasteiger partial charge is 0.338 e. The number of aromatic nitrogens is 6. The molecule has 0 aliphatic heterocycles. The molecule has 3 heterocycles. The van der Waals surface area contributed by atoms with Crippen molar-refractivity contribution in [1.29, 1.82) is 0 Å². The van der Waals surface area contributed by atoms with Gasteiger partial charge >= 0.3 is 0 Å². The first kappa shape index (κ1) is 20.4. The number of benzene rings is 2. The fourth-order valence-corrected chi connectivity index (χ4v) is 4.43. The van der Waals surface area contributed by atoms with E-state index in [4.69, 9.17) is 4.52 Å². The number of hydrogen-bond donors (Lipinski definition) is 0. The average molecular weight is 447 g/mol. The lowest BCUT2D eigenvalue weighted by atomic mass is 10.1. The van der Waals surface area contributed by atoms with Gasteiger partial charge in [0.2, 0.25) is 11.7 Å². The van der Waals surface area contributed by atoms with E-state index >= 15 is 0 Å². The van der Waals surface area contributed by atoms with Gasteiger partial charge in [-0.05, 0) is 43.2 Å². The molecule has 0 aliphatic rings. The van der Waals surface area contributed by atoms with Gasteiger partial charge in [-0.25, -0.2) is 4.57 Å². The number of hydrogen-bond acceptors (Lipinski definition) is 7. The van der Waals surface area contributed by atoms with E-state index in [9.17, 15) is 4.79 Å². The third kappa shape index (κ3) is 3.29. The Kier molecular flexibility index (Phi) is 5.05. The summed E-state index contributed by atoms with van der Waals surface area (Å²) < 4.78 is 8.93. The Morgan fingerprint density at radius 3 is 2.66 bits per heavy atom. The van der Waals surface area contributed by atoms with Crippen LogP contribution in [0.4, 0.5) is 0 Å². The van der Waals surface area contributed by atoms with Crippen LogP contribution in [0.1, 0.15) is 42.6 Å². The molecular formula is C23H22N6O2S. The van der Waals surface area contributed by atoms with E-state index < -0.39 is 0 Å². The highest BCUT2D eigenvalue weighted by Gasteiger charge is 2.20. The van der Waals surface area contributed by atoms with Gasteiger partial charge in [0.05, 0.1) is 22.3 Å². The number of rotatable bonds is 5. The molecule has 162 valence electrons. The normalized spacial score (nSPS) is 11.8. The lowest BCUT2D eigenvalue weighted by Crippen LogP contribution is -2.22. The lowest BCUT2D eigenvalue weighted by Gasteiger charge is -2.14. The summed E-state index contributed by atoms with van der Waals surface area (Å²) in [6.07, 6.45) is 0. The topological polar surface area (TPSA) is 91.1 Å². The summed E-state index contributed by atoms with van der Waals surface area (Å²) in [6, 6.07) is 13.4. The molecule has 32 heavy (non-hydrogen) atoms. The SMILES string of the molecule is Cc1cccc(-n2c(=O)c3ccccc3n3c(SCc4nc(C(C)C)no4)nnc23)c1C. The number of fused-ring (bicyclic) bond motifs is 3. The van der Waals surface area contributed by atoms with Crippen LogP contribution in [0.3, 0.4) is 0 Å². The van der Waals surface area contributed by atoms with Crippen LogP contribution in [0.25, 0.3) is 22.4 Å². The Morgan fingerprint density at radius 2 is 1.88 bits per heavy atom. The highest BCUT2D eigenvalue weighted by atomic mass is 32.2. The molecule has 3 aromatic heterocycles. The van der Waals surface area contributed by atoms with E-state index in [0.717, 1.165) is 22.3 Å². The minimum absolute atomic E-state index is 0.121. The van der Waals surface area contributed by atoms with Crippen molar-refractivity contribution < 1.29 is 4.52 Å². The second kappa shape index (κ2) is 7.90. The maximum absolute atomic E-state index is 13.5. The molecule has 9 heteroatoms. The molecule has 5 rings (SSSR count). The second-order valence-corrected chi connectivity index (χ2v) is 8.93. The van der Waals surface area contributed by atoms with Crippen LogP contribution in [-0.2, 0) is 5.75 Å². The van der Waals surface area contributed by atoms with E-state index in [2.05, 4.69) is 20.3 Å². The van der Waals surface area contributed by atoms with Gasteiger partial charge in [-0.1, -0.05) is 55.0 Å². The van der Waals surface area contributed by atoms with Crippen LogP contribution >= 0.6 is 11.8 Å². The standard InChI is InChI=1S/C23H22N6O2S/c1-13(2)20-24-19(31-27-20)12-32-23-26-25-22-28(17-11-7-8-14(3)15(17)4)21(30)16-9-5-6-10-18(16)29(22)23/h5-11,13H,12H2,1-4H3. The fourth-order valence-electron chi connectivity index (χ4n) is 3.65. The van der Waals surface area contributed by atoms with Crippen LogP contribution in [-0.4, -0.2) is 29.3 Å². The van der Waals surface area contributed by atoms with E-state index in [1.165, 1.54) is 11.8 Å². The summed E-state index contributed by atoms with van der Waals surface area (Å²) in [6.45, 7) is 8.08. The zero-order valence-corrected chi connectivity index (χ0v) is 19.1. The van der Waals surface area contributed by atoms with Gasteiger partial charge in [0, 0.05) is 5.92 Å². The van der Waals surface area contributed by atoms with Gasteiger partial charge in [-0.3, -0.25) is 9.20 Å². The van der Waals surface area contributed by atoms with Crippen molar-refractivity contribution >= 4 is 28.4 Å². The maximum atomic E-state index is 13.5. The molecule has 0 unspecified atom stereocenters. The predicted octanol–water partition coefficient (Wildman–Crippen LogP) is 4.45. The first-order chi connectivity index (χ1) is 15.5. The summed E-state index contributed by atoms with van der Waals surface area (Å²) in [5, 5.41) is 14.1. The van der Waals surface area contributed by atoms with Crippen LogP contribution < -0.4 is 5.56 Å². The Bertz CT molecular complexity index is 1510. The number of para-hydroxylation sites is 1. The van der Waals surface area contributed by atoms with Crippen LogP contribution in [0, 0.1) is 13.8 Å². The van der Waals surface area contributed by atoms with Crippen molar-refractivity contribution in [3.63, 3.8) is 0 Å². The molecule has 0 atom stereocenters. The highest BCUT2D eigenvalue weighted by molar-refractivity contribution is 7.98. The van der Waals surface area contributed by atoms with E-state index in [1.54, 1.807) is 4.57 Å². The van der Waals surface area contributed by atoms with Crippen molar-refractivity contribution in [3.05, 3.63) is 75.7 Å². The molecule has 0 aliphatic carbocycles. The van der Waals surface area contributed by atoms with Crippen LogP contribution in [0.15, 0.2) is 56.9 Å². The van der Waals surface area contributed by atoms with Crippen molar-refractivity contribution in [2.75, 3.05) is 0 Å².